The third-order valence-electron chi connectivity index (χ3n) is 5.16. The van der Waals surface area contributed by atoms with Crippen LogP contribution >= 0.6 is 22.7 Å². The molecule has 2 aromatic carbocycles. The number of thiazole rings is 1. The second-order valence-electron chi connectivity index (χ2n) is 7.24. The molecule has 0 bridgehead atoms. The minimum Gasteiger partial charge on any atom is -0.379 e. The molecule has 0 amide bonds. The number of rotatable bonds is 6. The Labute approximate surface area is 199 Å². The Bertz CT molecular complexity index is 1470. The second-order valence-corrected chi connectivity index (χ2v) is 12.8. The summed E-state index contributed by atoms with van der Waals surface area (Å²) in [5, 5.41) is 2.98. The van der Waals surface area contributed by atoms with Crippen molar-refractivity contribution in [1.82, 2.24) is 9.29 Å². The largest absolute Gasteiger partial charge is 0.379 e. The first-order valence-electron chi connectivity index (χ1n) is 9.99. The molecule has 33 heavy (non-hydrogen) atoms. The van der Waals surface area contributed by atoms with E-state index in [2.05, 4.69) is 9.71 Å². The maximum atomic E-state index is 13.0. The first-order chi connectivity index (χ1) is 15.8. The molecule has 0 atom stereocenters. The number of aromatic nitrogens is 1. The first-order valence-corrected chi connectivity index (χ1v) is 14.6. The van der Waals surface area contributed by atoms with Gasteiger partial charge in [0.15, 0.2) is 0 Å². The second kappa shape index (κ2) is 8.78. The molecular formula is C21H19N3O5S4. The Kier molecular flexibility index (Phi) is 5.97. The summed E-state index contributed by atoms with van der Waals surface area (Å²) >= 11 is 2.75. The lowest BCUT2D eigenvalue weighted by molar-refractivity contribution is 0.0730. The number of morpholine rings is 1. The quantitative estimate of drug-likeness (QED) is 0.413. The molecule has 3 heterocycles. The molecule has 0 saturated carbocycles. The van der Waals surface area contributed by atoms with E-state index in [-0.39, 0.29) is 22.9 Å². The van der Waals surface area contributed by atoms with E-state index in [0.29, 0.717) is 23.8 Å². The van der Waals surface area contributed by atoms with Crippen LogP contribution in [-0.2, 0) is 24.8 Å². The monoisotopic (exact) mass is 521 g/mol. The van der Waals surface area contributed by atoms with Gasteiger partial charge in [0, 0.05) is 18.7 Å². The van der Waals surface area contributed by atoms with E-state index in [1.807, 2.05) is 30.3 Å². The normalized spacial score (nSPS) is 15.6. The van der Waals surface area contributed by atoms with Crippen molar-refractivity contribution in [1.29, 1.82) is 0 Å². The average molecular weight is 522 g/mol. The van der Waals surface area contributed by atoms with E-state index >= 15 is 0 Å². The van der Waals surface area contributed by atoms with Crippen LogP contribution in [0.25, 0.3) is 20.8 Å². The van der Waals surface area contributed by atoms with Crippen LogP contribution in [0.3, 0.4) is 0 Å². The van der Waals surface area contributed by atoms with Gasteiger partial charge >= 0.3 is 0 Å². The third-order valence-corrected chi connectivity index (χ3v) is 10.5. The molecule has 5 rings (SSSR count). The first kappa shape index (κ1) is 22.4. The summed E-state index contributed by atoms with van der Waals surface area (Å²) in [6.07, 6.45) is 0. The van der Waals surface area contributed by atoms with E-state index in [1.165, 1.54) is 51.2 Å². The van der Waals surface area contributed by atoms with Gasteiger partial charge in [-0.3, -0.25) is 4.72 Å². The summed E-state index contributed by atoms with van der Waals surface area (Å²) in [7, 11) is -7.62. The van der Waals surface area contributed by atoms with Gasteiger partial charge in [-0.25, -0.2) is 21.8 Å². The van der Waals surface area contributed by atoms with E-state index in [0.717, 1.165) is 15.2 Å². The zero-order valence-corrected chi connectivity index (χ0v) is 20.4. The van der Waals surface area contributed by atoms with Crippen molar-refractivity contribution < 1.29 is 21.6 Å². The summed E-state index contributed by atoms with van der Waals surface area (Å²) in [5.41, 5.74) is 1.56. The Hall–Kier alpha value is -2.35. The molecule has 172 valence electrons. The molecule has 0 aliphatic carbocycles. The van der Waals surface area contributed by atoms with Gasteiger partial charge < -0.3 is 4.74 Å². The molecule has 2 aromatic heterocycles. The molecule has 0 spiro atoms. The lowest BCUT2D eigenvalue weighted by Crippen LogP contribution is -2.40. The Morgan fingerprint density at radius 3 is 2.33 bits per heavy atom. The van der Waals surface area contributed by atoms with Crippen molar-refractivity contribution in [3.8, 4) is 10.6 Å². The summed E-state index contributed by atoms with van der Waals surface area (Å²) in [4.78, 5) is 4.64. The number of sulfonamides is 2. The number of ether oxygens (including phenoxy) is 1. The molecule has 8 nitrogen and oxygen atoms in total. The van der Waals surface area contributed by atoms with Gasteiger partial charge in [0.2, 0.25) is 10.0 Å². The van der Waals surface area contributed by atoms with Crippen LogP contribution in [0.15, 0.2) is 69.8 Å². The van der Waals surface area contributed by atoms with Gasteiger partial charge in [-0.05, 0) is 47.8 Å². The van der Waals surface area contributed by atoms with Crippen LogP contribution in [0.2, 0.25) is 0 Å². The maximum Gasteiger partial charge on any atom is 0.262 e. The fourth-order valence-corrected chi connectivity index (χ4v) is 8.04. The number of hydrogen-bond donors (Lipinski definition) is 1. The van der Waals surface area contributed by atoms with Crippen LogP contribution < -0.4 is 4.72 Å². The molecular weight excluding hydrogens is 503 g/mol. The smallest absolute Gasteiger partial charge is 0.262 e. The van der Waals surface area contributed by atoms with Crippen LogP contribution in [0.5, 0.6) is 0 Å². The van der Waals surface area contributed by atoms with E-state index in [4.69, 9.17) is 4.74 Å². The minimum atomic E-state index is -3.92. The van der Waals surface area contributed by atoms with Gasteiger partial charge in [0.1, 0.15) is 10.0 Å². The summed E-state index contributed by atoms with van der Waals surface area (Å²) < 4.78 is 61.8. The highest BCUT2D eigenvalue weighted by Crippen LogP contribution is 2.38. The molecule has 4 aromatic rings. The molecule has 0 radical (unpaired) electrons. The van der Waals surface area contributed by atoms with Crippen molar-refractivity contribution in [2.45, 2.75) is 9.79 Å². The van der Waals surface area contributed by atoms with Crippen LogP contribution in [0.1, 0.15) is 0 Å². The predicted molar refractivity (Wildman–Crippen MR) is 130 cm³/mol. The van der Waals surface area contributed by atoms with Gasteiger partial charge in [-0.1, -0.05) is 12.1 Å². The lowest BCUT2D eigenvalue weighted by Gasteiger charge is -2.26. The number of hydrogen-bond acceptors (Lipinski definition) is 8. The van der Waals surface area contributed by atoms with E-state index < -0.39 is 20.0 Å². The number of nitrogens with zero attached hydrogens (tertiary/aromatic N) is 2. The number of para-hydroxylation sites is 1. The number of thiophene rings is 1. The number of benzene rings is 2. The van der Waals surface area contributed by atoms with E-state index in [9.17, 15) is 16.8 Å². The molecule has 1 saturated heterocycles. The Morgan fingerprint density at radius 1 is 0.909 bits per heavy atom. The highest BCUT2D eigenvalue weighted by molar-refractivity contribution is 7.93. The summed E-state index contributed by atoms with van der Waals surface area (Å²) in [6.45, 7) is 1.23. The SMILES string of the molecule is O=S(=O)(Nc1sccc1-c1nc2ccccc2s1)c1ccc(S(=O)(=O)N2CCOCC2)cc1. The van der Waals surface area contributed by atoms with Gasteiger partial charge in [-0.15, -0.1) is 22.7 Å². The van der Waals surface area contributed by atoms with Crippen molar-refractivity contribution in [3.63, 3.8) is 0 Å². The topological polar surface area (TPSA) is 106 Å². The van der Waals surface area contributed by atoms with Gasteiger partial charge in [0.25, 0.3) is 10.0 Å². The fourth-order valence-electron chi connectivity index (χ4n) is 3.45. The van der Waals surface area contributed by atoms with Crippen molar-refractivity contribution in [2.75, 3.05) is 31.0 Å². The fraction of sp³-hybridized carbons (Fsp3) is 0.190. The Morgan fingerprint density at radius 2 is 1.61 bits per heavy atom. The molecule has 0 unspecified atom stereocenters. The lowest BCUT2D eigenvalue weighted by atomic mass is 10.3. The zero-order chi connectivity index (χ0) is 23.1. The van der Waals surface area contributed by atoms with Crippen LogP contribution in [-0.4, -0.2) is 52.4 Å². The van der Waals surface area contributed by atoms with E-state index in [1.54, 1.807) is 5.38 Å². The molecule has 1 fully saturated rings. The van der Waals surface area contributed by atoms with Crippen molar-refractivity contribution in [2.24, 2.45) is 0 Å². The predicted octanol–water partition coefficient (Wildman–Crippen LogP) is 3.85. The highest BCUT2D eigenvalue weighted by Gasteiger charge is 2.27. The number of fused-ring (bicyclic) bond motifs is 1. The van der Waals surface area contributed by atoms with Crippen LogP contribution in [0, 0.1) is 0 Å². The highest BCUT2D eigenvalue weighted by atomic mass is 32.2. The summed E-state index contributed by atoms with van der Waals surface area (Å²) in [5.74, 6) is 0. The minimum absolute atomic E-state index is 0.0212. The maximum absolute atomic E-state index is 13.0. The number of nitrogens with one attached hydrogen (secondary N) is 1. The van der Waals surface area contributed by atoms with Crippen molar-refractivity contribution >= 4 is 57.9 Å². The van der Waals surface area contributed by atoms with Crippen LogP contribution in [0.4, 0.5) is 5.00 Å². The molecule has 12 heteroatoms. The summed E-state index contributed by atoms with van der Waals surface area (Å²) in [6, 6.07) is 14.8. The van der Waals surface area contributed by atoms with Crippen molar-refractivity contribution in [3.05, 3.63) is 60.0 Å². The van der Waals surface area contributed by atoms with Gasteiger partial charge in [-0.2, -0.15) is 4.31 Å². The Balaban J connectivity index is 1.40. The molecule has 1 aliphatic rings. The van der Waals surface area contributed by atoms with Gasteiger partial charge in [0.05, 0.1) is 33.2 Å². The average Bonchev–Trinajstić information content (AvgIpc) is 3.46. The molecule has 1 N–H and O–H groups in total. The zero-order valence-electron chi connectivity index (χ0n) is 17.2. The third kappa shape index (κ3) is 4.42. The standard InChI is InChI=1S/C21H19N3O5S4/c25-32(26,15-5-7-16(8-6-15)33(27,28)24-10-12-29-13-11-24)23-21-17(9-14-30-21)20-22-18-3-1-2-4-19(18)31-20/h1-9,14,23H,10-13H2. The molecule has 1 aliphatic heterocycles. The number of anilines is 1.